The molecule has 2 heterocycles. The van der Waals surface area contributed by atoms with Crippen molar-refractivity contribution in [3.63, 3.8) is 0 Å². The van der Waals surface area contributed by atoms with Crippen molar-refractivity contribution in [2.45, 2.75) is 39.5 Å². The predicted molar refractivity (Wildman–Crippen MR) is 135 cm³/mol. The van der Waals surface area contributed by atoms with Crippen LogP contribution in [0.25, 0.3) is 0 Å². The number of hydrogen-bond acceptors (Lipinski definition) is 11. The molecule has 0 bridgehead atoms. The molecule has 2 fully saturated rings. The van der Waals surface area contributed by atoms with Gasteiger partial charge in [-0.3, -0.25) is 9.59 Å². The zero-order valence-corrected chi connectivity index (χ0v) is 20.9. The summed E-state index contributed by atoms with van der Waals surface area (Å²) in [5, 5.41) is 11.0. The Kier molecular flexibility index (Phi) is 11.9. The minimum absolute atomic E-state index is 0.0185. The monoisotopic (exact) mass is 515 g/mol. The van der Waals surface area contributed by atoms with Crippen LogP contribution in [0.4, 0.5) is 11.6 Å². The van der Waals surface area contributed by atoms with Crippen LogP contribution in [0.15, 0.2) is 36.7 Å². The topological polar surface area (TPSA) is 183 Å². The van der Waals surface area contributed by atoms with Crippen molar-refractivity contribution in [3.05, 3.63) is 47.8 Å². The Bertz CT molecular complexity index is 1070. The highest BCUT2D eigenvalue weighted by Gasteiger charge is 2.29. The third-order valence-corrected chi connectivity index (χ3v) is 5.13. The zero-order chi connectivity index (χ0) is 27.2. The summed E-state index contributed by atoms with van der Waals surface area (Å²) in [5.74, 6) is 4.81. The molecule has 0 aliphatic heterocycles. The quantitative estimate of drug-likeness (QED) is 0.206. The number of hydrazine groups is 1. The largest absolute Gasteiger partial charge is 0.481 e. The van der Waals surface area contributed by atoms with E-state index in [0.29, 0.717) is 36.0 Å². The molecular formula is C25H33N5O7. The number of nitrogens with two attached hydrogens (primary N) is 1. The molecule has 37 heavy (non-hydrogen) atoms. The second kappa shape index (κ2) is 15.1. The molecule has 2 aliphatic carbocycles. The number of aromatic nitrogens is 2. The number of ether oxygens (including phenoxy) is 2. The summed E-state index contributed by atoms with van der Waals surface area (Å²) in [6.45, 7) is 4.35. The number of Topliss-reactive ketones (excluding diaryl/α,β-unsaturated/α-hetero) is 1. The van der Waals surface area contributed by atoms with Gasteiger partial charge in [-0.1, -0.05) is 0 Å². The average molecular weight is 516 g/mol. The summed E-state index contributed by atoms with van der Waals surface area (Å²) in [7, 11) is 0. The Morgan fingerprint density at radius 1 is 0.892 bits per heavy atom. The number of esters is 2. The molecule has 5 N–H and O–H groups in total. The Hall–Kier alpha value is -4.06. The minimum atomic E-state index is -0.630. The van der Waals surface area contributed by atoms with Crippen LogP contribution in [0.3, 0.4) is 0 Å². The van der Waals surface area contributed by atoms with Crippen LogP contribution in [0.2, 0.25) is 0 Å². The minimum Gasteiger partial charge on any atom is -0.481 e. The van der Waals surface area contributed by atoms with Crippen LogP contribution in [-0.4, -0.2) is 58.5 Å². The van der Waals surface area contributed by atoms with E-state index in [2.05, 4.69) is 20.7 Å². The third-order valence-electron chi connectivity index (χ3n) is 5.13. The van der Waals surface area contributed by atoms with Crippen LogP contribution in [0, 0.1) is 11.8 Å². The van der Waals surface area contributed by atoms with E-state index in [1.807, 2.05) is 0 Å². The van der Waals surface area contributed by atoms with Crippen molar-refractivity contribution >= 4 is 35.3 Å². The number of aliphatic carboxylic acids is 1. The number of pyridine rings is 2. The molecule has 2 aliphatic rings. The van der Waals surface area contributed by atoms with E-state index in [1.54, 1.807) is 44.3 Å². The first-order valence-corrected chi connectivity index (χ1v) is 12.0. The molecule has 0 radical (unpaired) electrons. The van der Waals surface area contributed by atoms with E-state index >= 15 is 0 Å². The average Bonchev–Trinajstić information content (AvgIpc) is 3.80. The molecule has 12 nitrogen and oxygen atoms in total. The number of rotatable bonds is 10. The molecule has 0 saturated heterocycles. The molecule has 0 atom stereocenters. The number of carbonyl (C=O) groups excluding carboxylic acids is 3. The van der Waals surface area contributed by atoms with Crippen LogP contribution in [-0.2, 0) is 19.1 Å². The summed E-state index contributed by atoms with van der Waals surface area (Å²) in [6, 6.07) is 6.54. The number of carbonyl (C=O) groups is 4. The zero-order valence-electron chi connectivity index (χ0n) is 20.9. The normalized spacial score (nSPS) is 13.5. The maximum Gasteiger partial charge on any atom is 0.341 e. The summed E-state index contributed by atoms with van der Waals surface area (Å²) in [5.41, 5.74) is 3.03. The number of nitrogens with zero attached hydrogens (tertiary/aromatic N) is 2. The van der Waals surface area contributed by atoms with Crippen LogP contribution >= 0.6 is 0 Å². The van der Waals surface area contributed by atoms with Crippen molar-refractivity contribution in [3.8, 4) is 0 Å². The molecule has 0 aromatic carbocycles. The highest BCUT2D eigenvalue weighted by Crippen LogP contribution is 2.30. The van der Waals surface area contributed by atoms with Gasteiger partial charge in [0.05, 0.1) is 25.7 Å². The lowest BCUT2D eigenvalue weighted by atomic mass is 10.2. The standard InChI is InChI=1S/C13H16N2O3.C8H11N3O2.C4H6O2/c1-2-18-13(17)10-4-3-7-14-12(10)15-8-11(16)9-5-6-9;1-2-13-8(12)6-4-3-5-10-7(6)11-9;5-4(6)3-1-2-3/h3-4,7,9H,2,5-6,8H2,1H3,(H,14,15);3-5H,2,9H2,1H3,(H,10,11);3H,1-2H2,(H,5,6). The molecule has 12 heteroatoms. The second-order valence-corrected chi connectivity index (χ2v) is 8.09. The Morgan fingerprint density at radius 2 is 1.38 bits per heavy atom. The van der Waals surface area contributed by atoms with Gasteiger partial charge in [-0.25, -0.2) is 25.4 Å². The summed E-state index contributed by atoms with van der Waals surface area (Å²) >= 11 is 0. The first-order valence-electron chi connectivity index (χ1n) is 12.0. The Balaban J connectivity index is 0.000000220. The van der Waals surface area contributed by atoms with Gasteiger partial charge in [-0.05, 0) is 63.8 Å². The van der Waals surface area contributed by atoms with E-state index in [0.717, 1.165) is 25.7 Å². The summed E-state index contributed by atoms with van der Waals surface area (Å²) in [6.07, 6.45) is 6.87. The second-order valence-electron chi connectivity index (χ2n) is 8.09. The SMILES string of the molecule is CCOC(=O)c1cccnc1NCC(=O)C1CC1.CCOC(=O)c1cccnc1NN.O=C(O)C1CC1. The first kappa shape index (κ1) is 29.2. The number of nitrogens with one attached hydrogen (secondary N) is 2. The van der Waals surface area contributed by atoms with E-state index in [-0.39, 0.29) is 24.2 Å². The van der Waals surface area contributed by atoms with Crippen LogP contribution < -0.4 is 16.6 Å². The van der Waals surface area contributed by atoms with E-state index in [4.69, 9.17) is 20.4 Å². The molecule has 200 valence electrons. The molecule has 2 saturated carbocycles. The lowest BCUT2D eigenvalue weighted by Gasteiger charge is -2.09. The summed E-state index contributed by atoms with van der Waals surface area (Å²) in [4.78, 5) is 52.2. The highest BCUT2D eigenvalue weighted by atomic mass is 16.5. The maximum atomic E-state index is 11.7. The maximum absolute atomic E-state index is 11.7. The van der Waals surface area contributed by atoms with Gasteiger partial charge in [0.1, 0.15) is 16.9 Å². The molecule has 2 aromatic heterocycles. The lowest BCUT2D eigenvalue weighted by Crippen LogP contribution is -2.18. The van der Waals surface area contributed by atoms with Gasteiger partial charge in [0.25, 0.3) is 0 Å². The van der Waals surface area contributed by atoms with Gasteiger partial charge in [-0.2, -0.15) is 0 Å². The van der Waals surface area contributed by atoms with Gasteiger partial charge in [0.15, 0.2) is 11.6 Å². The Morgan fingerprint density at radius 3 is 1.78 bits per heavy atom. The molecule has 4 rings (SSSR count). The smallest absolute Gasteiger partial charge is 0.341 e. The Labute approximate surface area is 214 Å². The number of anilines is 2. The molecule has 0 spiro atoms. The first-order chi connectivity index (χ1) is 17.8. The lowest BCUT2D eigenvalue weighted by molar-refractivity contribution is -0.138. The number of carboxylic acids is 1. The van der Waals surface area contributed by atoms with E-state index < -0.39 is 17.9 Å². The molecular weight excluding hydrogens is 482 g/mol. The number of nitrogen functional groups attached to an aromatic ring is 1. The number of hydrogen-bond donors (Lipinski definition) is 4. The van der Waals surface area contributed by atoms with Crippen molar-refractivity contribution in [2.24, 2.45) is 17.7 Å². The van der Waals surface area contributed by atoms with Gasteiger partial charge >= 0.3 is 17.9 Å². The molecule has 0 unspecified atom stereocenters. The van der Waals surface area contributed by atoms with Gasteiger partial charge in [-0.15, -0.1) is 0 Å². The van der Waals surface area contributed by atoms with Gasteiger partial charge in [0.2, 0.25) is 0 Å². The number of ketones is 1. The van der Waals surface area contributed by atoms with Gasteiger partial charge in [0, 0.05) is 18.3 Å². The van der Waals surface area contributed by atoms with Crippen molar-refractivity contribution in [1.29, 1.82) is 0 Å². The van der Waals surface area contributed by atoms with Crippen molar-refractivity contribution in [2.75, 3.05) is 30.5 Å². The number of carboxylic acid groups (broad SMARTS) is 1. The van der Waals surface area contributed by atoms with Gasteiger partial charge < -0.3 is 25.3 Å². The molecule has 0 amide bonds. The third kappa shape index (κ3) is 10.2. The summed E-state index contributed by atoms with van der Waals surface area (Å²) < 4.78 is 9.73. The van der Waals surface area contributed by atoms with Crippen molar-refractivity contribution < 1.29 is 33.8 Å². The fourth-order valence-electron chi connectivity index (χ4n) is 2.86. The van der Waals surface area contributed by atoms with Crippen LogP contribution in [0.5, 0.6) is 0 Å². The van der Waals surface area contributed by atoms with E-state index in [1.165, 1.54) is 6.20 Å². The fourth-order valence-corrected chi connectivity index (χ4v) is 2.86. The van der Waals surface area contributed by atoms with Crippen molar-refractivity contribution in [1.82, 2.24) is 9.97 Å². The highest BCUT2D eigenvalue weighted by molar-refractivity contribution is 5.96. The fraction of sp³-hybridized carbons (Fsp3) is 0.440. The van der Waals surface area contributed by atoms with Crippen LogP contribution in [0.1, 0.15) is 60.2 Å². The van der Waals surface area contributed by atoms with E-state index in [9.17, 15) is 19.2 Å². The predicted octanol–water partition coefficient (Wildman–Crippen LogP) is 2.67. The molecule has 2 aromatic rings.